The Kier molecular flexibility index (Phi) is 6.94. The molecule has 8 nitrogen and oxygen atoms in total. The van der Waals surface area contributed by atoms with Gasteiger partial charge >= 0.3 is 11.9 Å². The van der Waals surface area contributed by atoms with Crippen LogP contribution in [0.15, 0.2) is 16.2 Å². The molecule has 1 heterocycles. The zero-order chi connectivity index (χ0) is 13.4. The minimum absolute atomic E-state index is 1.15. The topological polar surface area (TPSA) is 139 Å². The van der Waals surface area contributed by atoms with Gasteiger partial charge in [-0.15, -0.1) is 0 Å². The van der Waals surface area contributed by atoms with Crippen LogP contribution >= 0.6 is 12.1 Å². The molecule has 9 heteroatoms. The second-order valence-corrected chi connectivity index (χ2v) is 3.46. The number of hydrogen-bond acceptors (Lipinski definition) is 7. The van der Waals surface area contributed by atoms with Crippen LogP contribution in [-0.4, -0.2) is 50.8 Å². The highest BCUT2D eigenvalue weighted by Gasteiger charge is 2.29. The fourth-order valence-electron chi connectivity index (χ4n) is 0.575. The van der Waals surface area contributed by atoms with Gasteiger partial charge in [-0.2, -0.15) is 0 Å². The maximum atomic E-state index is 9.77. The normalized spacial score (nSPS) is 16.8. The maximum absolute atomic E-state index is 9.77. The van der Waals surface area contributed by atoms with Gasteiger partial charge in [0.05, 0.1) is 12.1 Å². The minimum atomic E-state index is -2.27. The van der Waals surface area contributed by atoms with Crippen molar-refractivity contribution in [2.45, 2.75) is 19.1 Å². The van der Waals surface area contributed by atoms with Crippen molar-refractivity contribution >= 4 is 30.3 Å². The van der Waals surface area contributed by atoms with Gasteiger partial charge < -0.3 is 25.1 Å². The molecule has 5 N–H and O–H groups in total. The number of carboxylic acids is 2. The lowest BCUT2D eigenvalue weighted by atomic mass is 10.2. The van der Waals surface area contributed by atoms with Crippen molar-refractivity contribution in [3.05, 3.63) is 11.8 Å². The van der Waals surface area contributed by atoms with E-state index in [1.165, 1.54) is 12.1 Å². The van der Waals surface area contributed by atoms with E-state index in [0.717, 1.165) is 5.70 Å². The lowest BCUT2D eigenvalue weighted by Crippen LogP contribution is -2.39. The number of aliphatic hydroxyl groups is 2. The van der Waals surface area contributed by atoms with E-state index in [1.807, 2.05) is 13.0 Å². The lowest BCUT2D eigenvalue weighted by molar-refractivity contribution is -0.165. The first-order valence-corrected chi connectivity index (χ1v) is 5.07. The van der Waals surface area contributed by atoms with Crippen molar-refractivity contribution in [3.63, 3.8) is 0 Å². The van der Waals surface area contributed by atoms with Crippen molar-refractivity contribution in [3.8, 4) is 0 Å². The van der Waals surface area contributed by atoms with E-state index in [-0.39, 0.29) is 0 Å². The van der Waals surface area contributed by atoms with Gasteiger partial charge in [0, 0.05) is 11.9 Å². The number of aliphatic hydroxyl groups excluding tert-OH is 2. The van der Waals surface area contributed by atoms with Gasteiger partial charge in [-0.05, 0) is 13.0 Å². The molecule has 1 aliphatic heterocycles. The molecule has 0 radical (unpaired) electrons. The van der Waals surface area contributed by atoms with Crippen LogP contribution in [-0.2, 0) is 9.59 Å². The maximum Gasteiger partial charge on any atom is 0.335 e. The van der Waals surface area contributed by atoms with Crippen LogP contribution in [0.2, 0.25) is 0 Å². The molecule has 0 spiro atoms. The Morgan fingerprint density at radius 3 is 1.94 bits per heavy atom. The molecule has 0 fully saturated rings. The van der Waals surface area contributed by atoms with E-state index in [9.17, 15) is 9.59 Å². The van der Waals surface area contributed by atoms with Crippen LogP contribution in [0.25, 0.3) is 0 Å². The van der Waals surface area contributed by atoms with E-state index in [0.29, 0.717) is 0 Å². The van der Waals surface area contributed by atoms with Gasteiger partial charge in [0.1, 0.15) is 0 Å². The molecule has 0 aromatic heterocycles. The average molecular weight is 264 g/mol. The van der Waals surface area contributed by atoms with Crippen LogP contribution in [0, 0.1) is 0 Å². The number of hydrogen-bond donors (Lipinski definition) is 5. The van der Waals surface area contributed by atoms with Gasteiger partial charge in [-0.3, -0.25) is 0 Å². The smallest absolute Gasteiger partial charge is 0.335 e. The Balaban J connectivity index is 0.000000318. The molecule has 1 rings (SSSR count). The van der Waals surface area contributed by atoms with Gasteiger partial charge in [-0.1, -0.05) is 0 Å². The number of carboxylic acid groups (broad SMARTS) is 2. The van der Waals surface area contributed by atoms with Crippen molar-refractivity contribution < 1.29 is 30.0 Å². The third kappa shape index (κ3) is 6.56. The molecule has 0 bridgehead atoms. The monoisotopic (exact) mass is 264 g/mol. The van der Waals surface area contributed by atoms with E-state index in [4.69, 9.17) is 20.4 Å². The Bertz CT molecular complexity index is 325. The zero-order valence-corrected chi connectivity index (χ0v) is 9.59. The van der Waals surface area contributed by atoms with Crippen LogP contribution in [0.3, 0.4) is 0 Å². The SMILES string of the molecule is CC1=CC=NSN1.O=C(O)C(O)C(O)C(=O)O. The number of rotatable bonds is 3. The van der Waals surface area contributed by atoms with Crippen molar-refractivity contribution in [2.75, 3.05) is 0 Å². The number of carbonyl (C=O) groups is 2. The summed E-state index contributed by atoms with van der Waals surface area (Å²) >= 11 is 1.35. The van der Waals surface area contributed by atoms with Crippen LogP contribution < -0.4 is 4.72 Å². The molecule has 0 aliphatic carbocycles. The molecular formula is C8H12N2O6S. The Morgan fingerprint density at radius 2 is 1.76 bits per heavy atom. The zero-order valence-electron chi connectivity index (χ0n) is 8.77. The first-order valence-electron chi connectivity index (χ1n) is 4.30. The van der Waals surface area contributed by atoms with Crippen LogP contribution in [0.5, 0.6) is 0 Å². The number of aliphatic carboxylic acids is 2. The molecule has 1 aliphatic rings. The number of nitrogens with zero attached hydrogens (tertiary/aromatic N) is 1. The van der Waals surface area contributed by atoms with E-state index in [2.05, 4.69) is 9.12 Å². The molecule has 0 aromatic rings. The summed E-state index contributed by atoms with van der Waals surface area (Å²) in [5.74, 6) is -3.54. The molecule has 0 saturated heterocycles. The second kappa shape index (κ2) is 7.65. The third-order valence-corrected chi connectivity index (χ3v) is 2.09. The van der Waals surface area contributed by atoms with E-state index < -0.39 is 24.1 Å². The third-order valence-electron chi connectivity index (χ3n) is 1.45. The molecule has 96 valence electrons. The first-order chi connectivity index (χ1) is 7.86. The predicted octanol–water partition coefficient (Wildman–Crippen LogP) is -0.995. The standard InChI is InChI=1S/C4H6N2S.C4H6O6/c1-4-2-3-5-7-6-4;5-1(3(7)8)2(6)4(9)10/h2-3,6H,1H3;1-2,5-6H,(H,7,8)(H,9,10). The molecule has 0 saturated carbocycles. The highest BCUT2D eigenvalue weighted by molar-refractivity contribution is 7.96. The minimum Gasteiger partial charge on any atom is -0.479 e. The fraction of sp³-hybridized carbons (Fsp3) is 0.375. The molecule has 2 unspecified atom stereocenters. The van der Waals surface area contributed by atoms with Crippen molar-refractivity contribution in [1.29, 1.82) is 0 Å². The molecule has 2 atom stereocenters. The molecule has 0 aromatic carbocycles. The van der Waals surface area contributed by atoms with E-state index in [1.54, 1.807) is 6.21 Å². The quantitative estimate of drug-likeness (QED) is 0.409. The summed E-state index contributed by atoms with van der Waals surface area (Å²) in [4.78, 5) is 19.5. The Hall–Kier alpha value is -1.58. The van der Waals surface area contributed by atoms with Crippen LogP contribution in [0.4, 0.5) is 0 Å². The van der Waals surface area contributed by atoms with Gasteiger partial charge in [0.25, 0.3) is 0 Å². The van der Waals surface area contributed by atoms with E-state index >= 15 is 0 Å². The van der Waals surface area contributed by atoms with Crippen molar-refractivity contribution in [1.82, 2.24) is 4.72 Å². The number of allylic oxidation sites excluding steroid dienone is 2. The summed E-state index contributed by atoms with van der Waals surface area (Å²) < 4.78 is 6.79. The first kappa shape index (κ1) is 15.4. The van der Waals surface area contributed by atoms with Crippen molar-refractivity contribution in [2.24, 2.45) is 4.40 Å². The largest absolute Gasteiger partial charge is 0.479 e. The molecular weight excluding hydrogens is 252 g/mol. The second-order valence-electron chi connectivity index (χ2n) is 2.86. The highest BCUT2D eigenvalue weighted by atomic mass is 32.2. The summed E-state index contributed by atoms with van der Waals surface area (Å²) in [7, 11) is 0. The Labute approximate surface area is 101 Å². The highest BCUT2D eigenvalue weighted by Crippen LogP contribution is 2.02. The lowest BCUT2D eigenvalue weighted by Gasteiger charge is -2.07. The molecule has 17 heavy (non-hydrogen) atoms. The molecule has 0 amide bonds. The summed E-state index contributed by atoms with van der Waals surface area (Å²) in [6, 6.07) is 0. The van der Waals surface area contributed by atoms with Gasteiger partial charge in [-0.25, -0.2) is 14.0 Å². The van der Waals surface area contributed by atoms with Gasteiger partial charge in [0.2, 0.25) is 0 Å². The summed E-state index contributed by atoms with van der Waals surface area (Å²) in [6.07, 6.45) is -0.831. The predicted molar refractivity (Wildman–Crippen MR) is 60.3 cm³/mol. The summed E-state index contributed by atoms with van der Waals surface area (Å²) in [5.41, 5.74) is 1.15. The summed E-state index contributed by atoms with van der Waals surface area (Å²) in [5, 5.41) is 32.5. The average Bonchev–Trinajstić information content (AvgIpc) is 2.28. The van der Waals surface area contributed by atoms with Crippen LogP contribution in [0.1, 0.15) is 6.92 Å². The summed E-state index contributed by atoms with van der Waals surface area (Å²) in [6.45, 7) is 2.00. The van der Waals surface area contributed by atoms with Gasteiger partial charge in [0.15, 0.2) is 12.2 Å². The Morgan fingerprint density at radius 1 is 1.29 bits per heavy atom. The fourth-order valence-corrected chi connectivity index (χ4v) is 0.962. The number of nitrogens with one attached hydrogen (secondary N) is 1.